The lowest BCUT2D eigenvalue weighted by Gasteiger charge is -2.58. The lowest BCUT2D eigenvalue weighted by Crippen LogP contribution is -2.66. The van der Waals surface area contributed by atoms with Crippen LogP contribution < -0.4 is 0 Å². The van der Waals surface area contributed by atoms with Gasteiger partial charge in [-0.05, 0) is 98.7 Å². The number of hydrogen-bond acceptors (Lipinski definition) is 16. The highest BCUT2D eigenvalue weighted by Gasteiger charge is 2.69. The minimum Gasteiger partial charge on any atom is -0.394 e. The van der Waals surface area contributed by atoms with E-state index in [4.69, 9.17) is 37.9 Å². The zero-order valence-corrected chi connectivity index (χ0v) is 35.6. The third kappa shape index (κ3) is 7.19. The lowest BCUT2D eigenvalue weighted by atomic mass is 9.47. The molecule has 16 heteroatoms. The molecule has 5 heterocycles. The molecule has 4 aliphatic carbocycles. The number of rotatable bonds is 7. The van der Waals surface area contributed by atoms with Crippen molar-refractivity contribution in [3.63, 3.8) is 0 Å². The highest BCUT2D eigenvalue weighted by atomic mass is 16.8. The van der Waals surface area contributed by atoms with Gasteiger partial charge < -0.3 is 78.7 Å². The molecular weight excluding hydrogens is 784 g/mol. The van der Waals surface area contributed by atoms with E-state index in [2.05, 4.69) is 33.8 Å². The normalized spacial score (nSPS) is 57.9. The number of hydrogen-bond donors (Lipinski definition) is 8. The quantitative estimate of drug-likeness (QED) is 0.166. The van der Waals surface area contributed by atoms with Gasteiger partial charge in [-0.1, -0.05) is 39.3 Å². The van der Waals surface area contributed by atoms with Gasteiger partial charge in [-0.15, -0.1) is 0 Å². The van der Waals surface area contributed by atoms with Gasteiger partial charge >= 0.3 is 0 Å². The van der Waals surface area contributed by atoms with Crippen LogP contribution in [-0.2, 0) is 37.9 Å². The molecule has 0 aromatic carbocycles. The van der Waals surface area contributed by atoms with Crippen LogP contribution in [0.25, 0.3) is 0 Å². The van der Waals surface area contributed by atoms with E-state index in [1.165, 1.54) is 18.9 Å². The van der Waals surface area contributed by atoms with Gasteiger partial charge in [0.05, 0.1) is 38.1 Å². The van der Waals surface area contributed by atoms with E-state index < -0.39 is 98.4 Å². The van der Waals surface area contributed by atoms with E-state index in [-0.39, 0.29) is 29.6 Å². The third-order valence-electron chi connectivity index (χ3n) is 17.3. The largest absolute Gasteiger partial charge is 0.394 e. The first kappa shape index (κ1) is 44.3. The van der Waals surface area contributed by atoms with Gasteiger partial charge in [-0.2, -0.15) is 0 Å². The molecule has 8 N–H and O–H groups in total. The Labute approximate surface area is 352 Å². The molecule has 0 radical (unpaired) electrons. The van der Waals surface area contributed by atoms with Crippen molar-refractivity contribution < 1.29 is 78.7 Å². The molecule has 9 aliphatic rings. The minimum atomic E-state index is -1.70. The Kier molecular flexibility index (Phi) is 12.2. The van der Waals surface area contributed by atoms with E-state index in [1.807, 2.05) is 0 Å². The maximum absolute atomic E-state index is 11.9. The molecule has 8 fully saturated rings. The third-order valence-corrected chi connectivity index (χ3v) is 17.3. The van der Waals surface area contributed by atoms with Crippen LogP contribution in [0.15, 0.2) is 11.6 Å². The van der Waals surface area contributed by atoms with Gasteiger partial charge in [-0.3, -0.25) is 0 Å². The van der Waals surface area contributed by atoms with Crippen molar-refractivity contribution in [1.82, 2.24) is 0 Å². The van der Waals surface area contributed by atoms with Crippen molar-refractivity contribution in [3.05, 3.63) is 11.6 Å². The Bertz CT molecular complexity index is 1560. The molecular formula is C44H70O16. The summed E-state index contributed by atoms with van der Waals surface area (Å²) in [6.07, 6.45) is -9.25. The molecule has 1 unspecified atom stereocenters. The Morgan fingerprint density at radius 2 is 1.48 bits per heavy atom. The number of allylic oxidation sites excluding steroid dienone is 1. The van der Waals surface area contributed by atoms with Crippen molar-refractivity contribution in [2.45, 2.75) is 196 Å². The molecule has 0 aromatic rings. The van der Waals surface area contributed by atoms with Gasteiger partial charge in [0.1, 0.15) is 61.0 Å². The number of aliphatic hydroxyl groups excluding tert-OH is 8. The van der Waals surface area contributed by atoms with Crippen molar-refractivity contribution >= 4 is 0 Å². The van der Waals surface area contributed by atoms with Crippen LogP contribution >= 0.6 is 0 Å². The lowest BCUT2D eigenvalue weighted by molar-refractivity contribution is -0.385. The summed E-state index contributed by atoms with van der Waals surface area (Å²) in [5.74, 6) is 2.65. The second-order valence-corrected chi connectivity index (χ2v) is 20.6. The van der Waals surface area contributed by atoms with Crippen molar-refractivity contribution in [1.29, 1.82) is 0 Å². The monoisotopic (exact) mass is 854 g/mol. The fourth-order valence-electron chi connectivity index (χ4n) is 13.7. The molecule has 25 atom stereocenters. The van der Waals surface area contributed by atoms with Crippen LogP contribution in [0.3, 0.4) is 0 Å². The molecule has 3 saturated carbocycles. The van der Waals surface area contributed by atoms with Gasteiger partial charge in [0, 0.05) is 12.3 Å². The molecule has 5 aliphatic heterocycles. The van der Waals surface area contributed by atoms with E-state index >= 15 is 0 Å². The zero-order valence-electron chi connectivity index (χ0n) is 35.6. The maximum atomic E-state index is 11.9. The summed E-state index contributed by atoms with van der Waals surface area (Å²) in [5, 5.41) is 85.1. The van der Waals surface area contributed by atoms with Crippen LogP contribution in [0.1, 0.15) is 92.4 Å². The summed E-state index contributed by atoms with van der Waals surface area (Å²) in [6, 6.07) is 0. The molecule has 0 aromatic heterocycles. The Morgan fingerprint density at radius 1 is 0.733 bits per heavy atom. The van der Waals surface area contributed by atoms with Crippen LogP contribution in [-0.4, -0.2) is 165 Å². The summed E-state index contributed by atoms with van der Waals surface area (Å²) < 4.78 is 49.8. The van der Waals surface area contributed by atoms with Crippen LogP contribution in [0.5, 0.6) is 0 Å². The van der Waals surface area contributed by atoms with Gasteiger partial charge in [0.15, 0.2) is 24.7 Å². The zero-order chi connectivity index (χ0) is 42.6. The van der Waals surface area contributed by atoms with Crippen molar-refractivity contribution in [3.8, 4) is 0 Å². The fraction of sp³-hybridized carbons (Fsp3) is 0.955. The van der Waals surface area contributed by atoms with E-state index in [0.29, 0.717) is 48.3 Å². The van der Waals surface area contributed by atoms with Gasteiger partial charge in [0.2, 0.25) is 0 Å². The summed E-state index contributed by atoms with van der Waals surface area (Å²) in [4.78, 5) is 0. The van der Waals surface area contributed by atoms with Crippen molar-refractivity contribution in [2.24, 2.45) is 46.3 Å². The highest BCUT2D eigenvalue weighted by molar-refractivity contribution is 5.26. The molecule has 0 amide bonds. The Balaban J connectivity index is 0.913. The summed E-state index contributed by atoms with van der Waals surface area (Å²) in [6.45, 7) is 10.9. The van der Waals surface area contributed by atoms with Gasteiger partial charge in [-0.25, -0.2) is 0 Å². The summed E-state index contributed by atoms with van der Waals surface area (Å²) in [5.41, 5.74) is 1.54. The maximum Gasteiger partial charge on any atom is 0.187 e. The summed E-state index contributed by atoms with van der Waals surface area (Å²) >= 11 is 0. The predicted molar refractivity (Wildman–Crippen MR) is 208 cm³/mol. The first-order chi connectivity index (χ1) is 28.5. The highest BCUT2D eigenvalue weighted by Crippen LogP contribution is 2.70. The number of ether oxygens (including phenoxy) is 8. The minimum absolute atomic E-state index is 0.0142. The number of aliphatic hydroxyl groups is 8. The van der Waals surface area contributed by atoms with Crippen molar-refractivity contribution in [2.75, 3.05) is 19.8 Å². The molecule has 5 saturated heterocycles. The first-order valence-corrected chi connectivity index (χ1v) is 22.8. The molecule has 9 rings (SSSR count). The molecule has 1 spiro atoms. The topological polar surface area (TPSA) is 236 Å². The Hall–Kier alpha value is -0.900. The van der Waals surface area contributed by atoms with Crippen LogP contribution in [0.2, 0.25) is 0 Å². The average molecular weight is 855 g/mol. The first-order valence-electron chi connectivity index (χ1n) is 22.8. The van der Waals surface area contributed by atoms with Crippen LogP contribution in [0.4, 0.5) is 0 Å². The molecule has 0 bridgehead atoms. The molecule has 16 nitrogen and oxygen atoms in total. The van der Waals surface area contributed by atoms with Gasteiger partial charge in [0.25, 0.3) is 0 Å². The molecule has 342 valence electrons. The standard InChI is InChI=1S/C44H70O16/c1-19-8-13-44(54-17-19)20(2)30-28(60-44)15-26-24-7-6-22-14-23(9-11-42(22,4)25(24)10-12-43(26,30)5)56-41-38(59-40-35(51)33(49)31(47)21(3)55-40)36(52)37(29(16-45)57-41)58-39-34(50)32(48)27(46)18-53-39/h6,19-21,23-41,45-52H,7-18H2,1-5H3/t19-,20+,21+,23?,24-,25+,26+,27+,28+,29-,30+,31+,32+,33-,34-,35-,36+,37-,38-,39+,40+,41-,42+,43+,44-/m1/s1. The van der Waals surface area contributed by atoms with Crippen LogP contribution in [0, 0.1) is 46.3 Å². The summed E-state index contributed by atoms with van der Waals surface area (Å²) in [7, 11) is 0. The average Bonchev–Trinajstić information content (AvgIpc) is 3.68. The second kappa shape index (κ2) is 16.5. The number of fused-ring (bicyclic) bond motifs is 7. The van der Waals surface area contributed by atoms with E-state index in [1.54, 1.807) is 0 Å². The van der Waals surface area contributed by atoms with E-state index in [9.17, 15) is 40.9 Å². The second-order valence-electron chi connectivity index (χ2n) is 20.6. The molecule has 60 heavy (non-hydrogen) atoms. The Morgan fingerprint density at radius 3 is 2.22 bits per heavy atom. The predicted octanol–water partition coefficient (Wildman–Crippen LogP) is 0.853. The smallest absolute Gasteiger partial charge is 0.187 e. The SMILES string of the molecule is C[C@@H]1CC[C@@]2(OC1)O[C@H]1C[C@H]3[C@@H]4CC=C5CC(O[C@@H]6O[C@H](CO)[C@@H](O[C@@H]7OC[C@H](O)[C@H](O)[C@H]7O)[C@H](O)[C@H]6O[C@@H]6O[C@@H](C)[C@H](O)[C@@H](O)[C@H]6O)CC[C@]5(C)[C@H]4CC[C@]3(C)[C@H]1[C@@H]2C. The fourth-order valence-corrected chi connectivity index (χ4v) is 13.7. The van der Waals surface area contributed by atoms with E-state index in [0.717, 1.165) is 45.1 Å².